The van der Waals surface area contributed by atoms with Crippen molar-refractivity contribution in [2.24, 2.45) is 5.92 Å². The third-order valence-corrected chi connectivity index (χ3v) is 3.29. The monoisotopic (exact) mass is 214 g/mol. The van der Waals surface area contributed by atoms with E-state index in [1.807, 2.05) is 24.3 Å². The number of hydrogen-bond acceptors (Lipinski definition) is 1. The summed E-state index contributed by atoms with van der Waals surface area (Å²) < 4.78 is 5.70. The summed E-state index contributed by atoms with van der Waals surface area (Å²) in [4.78, 5) is 0. The molecule has 1 heteroatoms. The number of ether oxygens (including phenoxy) is 1. The van der Waals surface area contributed by atoms with E-state index in [1.54, 1.807) is 0 Å². The van der Waals surface area contributed by atoms with Crippen molar-refractivity contribution < 1.29 is 4.74 Å². The van der Waals surface area contributed by atoms with Crippen LogP contribution in [-0.2, 0) is 0 Å². The Morgan fingerprint density at radius 2 is 1.88 bits per heavy atom. The second-order valence-electron chi connectivity index (χ2n) is 4.46. The highest BCUT2D eigenvalue weighted by Crippen LogP contribution is 2.27. The van der Waals surface area contributed by atoms with Crippen molar-refractivity contribution in [1.82, 2.24) is 0 Å². The fraction of sp³-hybridized carbons (Fsp3) is 0.467. The van der Waals surface area contributed by atoms with Crippen molar-refractivity contribution in [3.05, 3.63) is 29.8 Å². The lowest BCUT2D eigenvalue weighted by atomic mass is 10.1. The number of terminal acetylenes is 1. The fourth-order valence-electron chi connectivity index (χ4n) is 2.29. The van der Waals surface area contributed by atoms with Crippen LogP contribution in [-0.4, -0.2) is 6.61 Å². The highest BCUT2D eigenvalue weighted by atomic mass is 16.5. The number of hydrogen-bond donors (Lipinski definition) is 0. The molecule has 2 rings (SSSR count). The van der Waals surface area contributed by atoms with Gasteiger partial charge in [-0.1, -0.05) is 31.6 Å². The average Bonchev–Trinajstić information content (AvgIpc) is 2.83. The van der Waals surface area contributed by atoms with E-state index in [-0.39, 0.29) is 0 Å². The molecule has 0 radical (unpaired) electrons. The van der Waals surface area contributed by atoms with Crippen LogP contribution in [0.15, 0.2) is 24.3 Å². The Morgan fingerprint density at radius 1 is 1.19 bits per heavy atom. The van der Waals surface area contributed by atoms with Gasteiger partial charge in [0, 0.05) is 5.56 Å². The van der Waals surface area contributed by atoms with E-state index in [2.05, 4.69) is 5.92 Å². The minimum Gasteiger partial charge on any atom is -0.494 e. The summed E-state index contributed by atoms with van der Waals surface area (Å²) in [5.41, 5.74) is 0.906. The Morgan fingerprint density at radius 3 is 2.50 bits per heavy atom. The Kier molecular flexibility index (Phi) is 3.88. The van der Waals surface area contributed by atoms with Gasteiger partial charge < -0.3 is 4.74 Å². The molecule has 1 aromatic carbocycles. The van der Waals surface area contributed by atoms with Gasteiger partial charge in [0.1, 0.15) is 5.75 Å². The molecule has 1 aliphatic rings. The van der Waals surface area contributed by atoms with Crippen LogP contribution in [0.4, 0.5) is 0 Å². The second-order valence-corrected chi connectivity index (χ2v) is 4.46. The summed E-state index contributed by atoms with van der Waals surface area (Å²) in [5, 5.41) is 0. The molecule has 16 heavy (non-hydrogen) atoms. The van der Waals surface area contributed by atoms with Gasteiger partial charge in [-0.2, -0.15) is 0 Å². The lowest BCUT2D eigenvalue weighted by Gasteiger charge is -2.10. The quantitative estimate of drug-likeness (QED) is 0.695. The molecule has 0 bridgehead atoms. The normalized spacial score (nSPS) is 15.9. The lowest BCUT2D eigenvalue weighted by molar-refractivity contribution is 0.279. The van der Waals surface area contributed by atoms with Gasteiger partial charge in [0.05, 0.1) is 6.61 Å². The zero-order valence-corrected chi connectivity index (χ0v) is 9.61. The molecule has 0 heterocycles. The topological polar surface area (TPSA) is 9.23 Å². The van der Waals surface area contributed by atoms with Crippen molar-refractivity contribution in [2.75, 3.05) is 6.61 Å². The molecule has 0 unspecified atom stereocenters. The molecule has 0 amide bonds. The molecule has 1 aliphatic carbocycles. The van der Waals surface area contributed by atoms with Crippen molar-refractivity contribution in [2.45, 2.75) is 32.1 Å². The summed E-state index contributed by atoms with van der Waals surface area (Å²) in [6.07, 6.45) is 12.1. The van der Waals surface area contributed by atoms with Crippen LogP contribution in [0.3, 0.4) is 0 Å². The predicted molar refractivity (Wildman–Crippen MR) is 66.4 cm³/mol. The van der Waals surface area contributed by atoms with E-state index >= 15 is 0 Å². The van der Waals surface area contributed by atoms with Gasteiger partial charge in [0.25, 0.3) is 0 Å². The van der Waals surface area contributed by atoms with E-state index in [0.29, 0.717) is 0 Å². The van der Waals surface area contributed by atoms with Gasteiger partial charge in [-0.25, -0.2) is 0 Å². The third-order valence-electron chi connectivity index (χ3n) is 3.29. The van der Waals surface area contributed by atoms with Crippen LogP contribution >= 0.6 is 0 Å². The van der Waals surface area contributed by atoms with Gasteiger partial charge in [-0.15, -0.1) is 6.42 Å². The Bertz CT molecular complexity index is 352. The molecule has 0 spiro atoms. The molecule has 1 aromatic rings. The summed E-state index contributed by atoms with van der Waals surface area (Å²) in [6, 6.07) is 7.74. The average molecular weight is 214 g/mol. The maximum absolute atomic E-state index is 5.70. The van der Waals surface area contributed by atoms with E-state index < -0.39 is 0 Å². The zero-order chi connectivity index (χ0) is 11.2. The first-order valence-electron chi connectivity index (χ1n) is 6.08. The maximum atomic E-state index is 5.70. The van der Waals surface area contributed by atoms with Gasteiger partial charge in [-0.05, 0) is 36.6 Å². The van der Waals surface area contributed by atoms with Crippen LogP contribution in [0.2, 0.25) is 0 Å². The van der Waals surface area contributed by atoms with Crippen LogP contribution in [0.1, 0.15) is 37.7 Å². The summed E-state index contributed by atoms with van der Waals surface area (Å²) in [7, 11) is 0. The van der Waals surface area contributed by atoms with E-state index in [4.69, 9.17) is 11.2 Å². The molecular formula is C15H18O. The molecule has 0 saturated heterocycles. The van der Waals surface area contributed by atoms with E-state index in [1.165, 1.54) is 32.1 Å². The van der Waals surface area contributed by atoms with Crippen molar-refractivity contribution in [1.29, 1.82) is 0 Å². The molecule has 1 nitrogen and oxygen atoms in total. The van der Waals surface area contributed by atoms with Crippen molar-refractivity contribution in [3.8, 4) is 18.1 Å². The van der Waals surface area contributed by atoms with Crippen LogP contribution in [0, 0.1) is 18.3 Å². The molecule has 1 saturated carbocycles. The van der Waals surface area contributed by atoms with Crippen molar-refractivity contribution in [3.63, 3.8) is 0 Å². The Labute approximate surface area is 97.8 Å². The fourth-order valence-corrected chi connectivity index (χ4v) is 2.29. The largest absolute Gasteiger partial charge is 0.494 e. The van der Waals surface area contributed by atoms with E-state index in [0.717, 1.165) is 23.8 Å². The third kappa shape index (κ3) is 3.03. The first-order chi connectivity index (χ1) is 7.88. The first-order valence-corrected chi connectivity index (χ1v) is 6.08. The summed E-state index contributed by atoms with van der Waals surface area (Å²) in [6.45, 7) is 0.833. The maximum Gasteiger partial charge on any atom is 0.119 e. The molecule has 0 N–H and O–H groups in total. The highest BCUT2D eigenvalue weighted by Gasteiger charge is 2.14. The van der Waals surface area contributed by atoms with Gasteiger partial charge >= 0.3 is 0 Å². The lowest BCUT2D eigenvalue weighted by Crippen LogP contribution is -2.03. The second kappa shape index (κ2) is 5.61. The standard InChI is InChI=1S/C15H18O/c1-2-13-7-9-15(10-8-13)16-12-11-14-5-3-4-6-14/h1,7-10,14H,3-6,11-12H2. The minimum atomic E-state index is 0.833. The van der Waals surface area contributed by atoms with Gasteiger partial charge in [-0.3, -0.25) is 0 Å². The number of benzene rings is 1. The molecule has 1 fully saturated rings. The summed E-state index contributed by atoms with van der Waals surface area (Å²) in [5.74, 6) is 4.42. The predicted octanol–water partition coefficient (Wildman–Crippen LogP) is 3.63. The smallest absolute Gasteiger partial charge is 0.119 e. The van der Waals surface area contributed by atoms with Crippen LogP contribution in [0.5, 0.6) is 5.75 Å². The van der Waals surface area contributed by atoms with Crippen molar-refractivity contribution >= 4 is 0 Å². The Hall–Kier alpha value is -1.42. The van der Waals surface area contributed by atoms with E-state index in [9.17, 15) is 0 Å². The number of rotatable bonds is 4. The Balaban J connectivity index is 1.74. The molecule has 0 atom stereocenters. The minimum absolute atomic E-state index is 0.833. The van der Waals surface area contributed by atoms with Gasteiger partial charge in [0.15, 0.2) is 0 Å². The molecular weight excluding hydrogens is 196 g/mol. The molecule has 0 aliphatic heterocycles. The zero-order valence-electron chi connectivity index (χ0n) is 9.61. The van der Waals surface area contributed by atoms with Crippen LogP contribution < -0.4 is 4.74 Å². The molecule has 84 valence electrons. The SMILES string of the molecule is C#Cc1ccc(OCCC2CCCC2)cc1. The highest BCUT2D eigenvalue weighted by molar-refractivity contribution is 5.36. The molecule has 0 aromatic heterocycles. The van der Waals surface area contributed by atoms with Crippen LogP contribution in [0.25, 0.3) is 0 Å². The first kappa shape index (κ1) is 11.1. The van der Waals surface area contributed by atoms with Gasteiger partial charge in [0.2, 0.25) is 0 Å². The summed E-state index contributed by atoms with van der Waals surface area (Å²) >= 11 is 0.